The lowest BCUT2D eigenvalue weighted by molar-refractivity contribution is -0.116. The van der Waals surface area contributed by atoms with Gasteiger partial charge in [-0.3, -0.25) is 9.59 Å². The minimum atomic E-state index is -0.0614. The van der Waals surface area contributed by atoms with Gasteiger partial charge in [-0.1, -0.05) is 30.3 Å². The van der Waals surface area contributed by atoms with Crippen LogP contribution in [-0.4, -0.2) is 60.6 Å². The SMILES string of the molecule is CN(C)C1CCN(C(=O)c2ccc(N3N=C(c4ccccc4)CC3=O)cc2)CC1. The number of likely N-dealkylation sites (tertiary alicyclic amines) is 1. The first-order valence-electron chi connectivity index (χ1n) is 10.0. The molecule has 0 bridgehead atoms. The van der Waals surface area contributed by atoms with Crippen LogP contribution in [0, 0.1) is 0 Å². The monoisotopic (exact) mass is 390 g/mol. The van der Waals surface area contributed by atoms with E-state index in [0.29, 0.717) is 17.3 Å². The van der Waals surface area contributed by atoms with E-state index in [1.807, 2.05) is 35.2 Å². The van der Waals surface area contributed by atoms with Crippen molar-refractivity contribution >= 4 is 23.2 Å². The molecule has 0 N–H and O–H groups in total. The lowest BCUT2D eigenvalue weighted by Crippen LogP contribution is -2.44. The average Bonchev–Trinajstić information content (AvgIpc) is 3.15. The van der Waals surface area contributed by atoms with Gasteiger partial charge in [-0.25, -0.2) is 5.01 Å². The number of piperidine rings is 1. The van der Waals surface area contributed by atoms with Gasteiger partial charge in [0.2, 0.25) is 0 Å². The first-order valence-corrected chi connectivity index (χ1v) is 10.0. The Hall–Kier alpha value is -2.99. The number of nitrogens with zero attached hydrogens (tertiary/aromatic N) is 4. The Morgan fingerprint density at radius 3 is 2.28 bits per heavy atom. The Balaban J connectivity index is 1.45. The van der Waals surface area contributed by atoms with Crippen LogP contribution < -0.4 is 5.01 Å². The van der Waals surface area contributed by atoms with Gasteiger partial charge in [0.25, 0.3) is 11.8 Å². The summed E-state index contributed by atoms with van der Waals surface area (Å²) < 4.78 is 0. The topological polar surface area (TPSA) is 56.2 Å². The molecule has 2 aromatic rings. The molecular formula is C23H26N4O2. The molecule has 0 aromatic heterocycles. The van der Waals surface area contributed by atoms with E-state index < -0.39 is 0 Å². The molecule has 0 atom stereocenters. The summed E-state index contributed by atoms with van der Waals surface area (Å²) in [5, 5.41) is 5.93. The Labute approximate surface area is 171 Å². The first-order chi connectivity index (χ1) is 14.0. The molecule has 4 rings (SSSR count). The molecule has 6 nitrogen and oxygen atoms in total. The molecule has 0 unspecified atom stereocenters. The molecule has 6 heteroatoms. The van der Waals surface area contributed by atoms with Gasteiger partial charge in [0.05, 0.1) is 17.8 Å². The molecule has 150 valence electrons. The third-order valence-corrected chi connectivity index (χ3v) is 5.72. The maximum Gasteiger partial charge on any atom is 0.253 e. The van der Waals surface area contributed by atoms with Gasteiger partial charge in [-0.05, 0) is 56.8 Å². The van der Waals surface area contributed by atoms with E-state index in [-0.39, 0.29) is 18.2 Å². The fourth-order valence-electron chi connectivity index (χ4n) is 3.94. The van der Waals surface area contributed by atoms with Crippen molar-refractivity contribution in [2.24, 2.45) is 5.10 Å². The van der Waals surface area contributed by atoms with Crippen molar-refractivity contribution in [1.29, 1.82) is 0 Å². The van der Waals surface area contributed by atoms with Gasteiger partial charge in [-0.15, -0.1) is 0 Å². The van der Waals surface area contributed by atoms with Crippen LogP contribution in [0.5, 0.6) is 0 Å². The second-order valence-corrected chi connectivity index (χ2v) is 7.83. The number of hydrogen-bond donors (Lipinski definition) is 0. The predicted octanol–water partition coefficient (Wildman–Crippen LogP) is 2.99. The van der Waals surface area contributed by atoms with Gasteiger partial charge >= 0.3 is 0 Å². The van der Waals surface area contributed by atoms with E-state index in [2.05, 4.69) is 24.1 Å². The van der Waals surface area contributed by atoms with E-state index in [4.69, 9.17) is 0 Å². The van der Waals surface area contributed by atoms with Gasteiger partial charge in [-0.2, -0.15) is 5.10 Å². The van der Waals surface area contributed by atoms with Crippen LogP contribution in [0.3, 0.4) is 0 Å². The summed E-state index contributed by atoms with van der Waals surface area (Å²) in [6.45, 7) is 1.55. The van der Waals surface area contributed by atoms with Crippen LogP contribution in [0.2, 0.25) is 0 Å². The molecule has 2 aliphatic rings. The molecular weight excluding hydrogens is 364 g/mol. The number of carbonyl (C=O) groups is 2. The molecule has 2 amide bonds. The van der Waals surface area contributed by atoms with Crippen molar-refractivity contribution in [3.8, 4) is 0 Å². The molecule has 0 radical (unpaired) electrons. The van der Waals surface area contributed by atoms with Crippen molar-refractivity contribution in [2.75, 3.05) is 32.2 Å². The Bertz CT molecular complexity index is 914. The third-order valence-electron chi connectivity index (χ3n) is 5.72. The van der Waals surface area contributed by atoms with E-state index in [1.165, 1.54) is 5.01 Å². The summed E-state index contributed by atoms with van der Waals surface area (Å²) in [5.74, 6) is -0.0105. The van der Waals surface area contributed by atoms with E-state index >= 15 is 0 Å². The largest absolute Gasteiger partial charge is 0.339 e. The standard InChI is InChI=1S/C23H26N4O2/c1-25(2)19-12-14-26(15-13-19)23(29)18-8-10-20(11-9-18)27-22(28)16-21(24-27)17-6-4-3-5-7-17/h3-11,19H,12-16H2,1-2H3. The maximum absolute atomic E-state index is 12.8. The number of anilines is 1. The van der Waals surface area contributed by atoms with Crippen LogP contribution in [0.4, 0.5) is 5.69 Å². The maximum atomic E-state index is 12.8. The summed E-state index contributed by atoms with van der Waals surface area (Å²) in [6.07, 6.45) is 2.28. The minimum absolute atomic E-state index is 0.0509. The Morgan fingerprint density at radius 2 is 1.66 bits per heavy atom. The number of hydrazone groups is 1. The zero-order valence-electron chi connectivity index (χ0n) is 16.9. The minimum Gasteiger partial charge on any atom is -0.339 e. The molecule has 1 saturated heterocycles. The molecule has 0 saturated carbocycles. The first kappa shape index (κ1) is 19.3. The molecule has 2 aromatic carbocycles. The van der Waals surface area contributed by atoms with Crippen molar-refractivity contribution in [1.82, 2.24) is 9.80 Å². The average molecular weight is 390 g/mol. The normalized spacial score (nSPS) is 17.8. The summed E-state index contributed by atoms with van der Waals surface area (Å²) in [7, 11) is 4.18. The predicted molar refractivity (Wildman–Crippen MR) is 114 cm³/mol. The summed E-state index contributed by atoms with van der Waals surface area (Å²) >= 11 is 0. The van der Waals surface area contributed by atoms with Gasteiger partial charge in [0.1, 0.15) is 0 Å². The molecule has 0 aliphatic carbocycles. The lowest BCUT2D eigenvalue weighted by atomic mass is 10.0. The Morgan fingerprint density at radius 1 is 1.00 bits per heavy atom. The molecule has 2 aliphatic heterocycles. The highest BCUT2D eigenvalue weighted by atomic mass is 16.2. The molecule has 0 spiro atoms. The van der Waals surface area contributed by atoms with Crippen LogP contribution in [-0.2, 0) is 4.79 Å². The van der Waals surface area contributed by atoms with Crippen LogP contribution in [0.15, 0.2) is 59.7 Å². The fourth-order valence-corrected chi connectivity index (χ4v) is 3.94. The smallest absolute Gasteiger partial charge is 0.253 e. The van der Waals surface area contributed by atoms with Crippen molar-refractivity contribution < 1.29 is 9.59 Å². The summed E-state index contributed by atoms with van der Waals surface area (Å²) in [6, 6.07) is 17.5. The quantitative estimate of drug-likeness (QED) is 0.806. The van der Waals surface area contributed by atoms with Crippen molar-refractivity contribution in [3.05, 3.63) is 65.7 Å². The van der Waals surface area contributed by atoms with Crippen LogP contribution in [0.1, 0.15) is 35.2 Å². The van der Waals surface area contributed by atoms with Gasteiger partial charge in [0.15, 0.2) is 0 Å². The number of amides is 2. The number of rotatable bonds is 4. The van der Waals surface area contributed by atoms with E-state index in [1.54, 1.807) is 24.3 Å². The number of carbonyl (C=O) groups excluding carboxylic acids is 2. The molecule has 2 heterocycles. The van der Waals surface area contributed by atoms with Crippen molar-refractivity contribution in [2.45, 2.75) is 25.3 Å². The second-order valence-electron chi connectivity index (χ2n) is 7.83. The van der Waals surface area contributed by atoms with Crippen molar-refractivity contribution in [3.63, 3.8) is 0 Å². The Kier molecular flexibility index (Phi) is 5.45. The highest BCUT2D eigenvalue weighted by molar-refractivity contribution is 6.19. The summed E-state index contributed by atoms with van der Waals surface area (Å²) in [4.78, 5) is 29.4. The van der Waals surface area contributed by atoms with E-state index in [0.717, 1.165) is 37.2 Å². The van der Waals surface area contributed by atoms with Gasteiger partial charge in [0, 0.05) is 24.7 Å². The van der Waals surface area contributed by atoms with Crippen LogP contribution in [0.25, 0.3) is 0 Å². The zero-order valence-corrected chi connectivity index (χ0v) is 16.9. The molecule has 29 heavy (non-hydrogen) atoms. The van der Waals surface area contributed by atoms with Crippen LogP contribution >= 0.6 is 0 Å². The third kappa shape index (κ3) is 4.07. The zero-order chi connectivity index (χ0) is 20.4. The summed E-state index contributed by atoms with van der Waals surface area (Å²) in [5.41, 5.74) is 3.05. The highest BCUT2D eigenvalue weighted by Crippen LogP contribution is 2.24. The molecule has 1 fully saturated rings. The number of benzene rings is 2. The highest BCUT2D eigenvalue weighted by Gasteiger charge is 2.27. The van der Waals surface area contributed by atoms with E-state index in [9.17, 15) is 9.59 Å². The van der Waals surface area contributed by atoms with Gasteiger partial charge < -0.3 is 9.80 Å². The fraction of sp³-hybridized carbons (Fsp3) is 0.348. The number of hydrogen-bond acceptors (Lipinski definition) is 4. The lowest BCUT2D eigenvalue weighted by Gasteiger charge is -2.35. The second kappa shape index (κ2) is 8.17.